The van der Waals surface area contributed by atoms with Crippen LogP contribution in [-0.4, -0.2) is 30.4 Å². The van der Waals surface area contributed by atoms with Crippen molar-refractivity contribution in [2.45, 2.75) is 20.3 Å². The summed E-state index contributed by atoms with van der Waals surface area (Å²) in [5, 5.41) is 3.38. The van der Waals surface area contributed by atoms with Crippen LogP contribution >= 0.6 is 11.6 Å². The van der Waals surface area contributed by atoms with Crippen molar-refractivity contribution in [3.05, 3.63) is 41.4 Å². The molecule has 0 aliphatic carbocycles. The lowest BCUT2D eigenvalue weighted by Crippen LogP contribution is -2.29. The van der Waals surface area contributed by atoms with Crippen LogP contribution in [0, 0.1) is 0 Å². The van der Waals surface area contributed by atoms with Crippen LogP contribution in [0.25, 0.3) is 0 Å². The number of halogens is 1. The second kappa shape index (κ2) is 7.97. The summed E-state index contributed by atoms with van der Waals surface area (Å²) in [6.07, 6.45) is 0.451. The Morgan fingerprint density at radius 1 is 1.42 bits per heavy atom. The Morgan fingerprint density at radius 3 is 2.68 bits per heavy atom. The van der Waals surface area contributed by atoms with Gasteiger partial charge in [0.05, 0.1) is 10.7 Å². The van der Waals surface area contributed by atoms with E-state index in [1.807, 2.05) is 19.1 Å². The fourth-order valence-corrected chi connectivity index (χ4v) is 1.95. The van der Waals surface area contributed by atoms with Gasteiger partial charge in [-0.1, -0.05) is 42.8 Å². The van der Waals surface area contributed by atoms with E-state index in [0.717, 1.165) is 25.2 Å². The molecule has 0 bridgehead atoms. The van der Waals surface area contributed by atoms with Gasteiger partial charge in [-0.3, -0.25) is 9.69 Å². The molecular formula is C15H21ClN2O. The lowest BCUT2D eigenvalue weighted by molar-refractivity contribution is -0.116. The Morgan fingerprint density at radius 2 is 2.11 bits per heavy atom. The standard InChI is InChI=1S/C15H21ClN2O/c1-4-18(11-12(2)3)10-9-15(19)17-14-8-6-5-7-13(14)16/h5-8H,2,4,9-11H2,1,3H3,(H,17,19). The maximum Gasteiger partial charge on any atom is 0.225 e. The van der Waals surface area contributed by atoms with Crippen molar-refractivity contribution in [1.29, 1.82) is 0 Å². The van der Waals surface area contributed by atoms with Gasteiger partial charge >= 0.3 is 0 Å². The number of nitrogens with one attached hydrogen (secondary N) is 1. The van der Waals surface area contributed by atoms with E-state index >= 15 is 0 Å². The molecule has 1 N–H and O–H groups in total. The van der Waals surface area contributed by atoms with E-state index < -0.39 is 0 Å². The third-order valence-electron chi connectivity index (χ3n) is 2.74. The zero-order valence-corrected chi connectivity index (χ0v) is 12.3. The molecule has 1 rings (SSSR count). The van der Waals surface area contributed by atoms with Gasteiger partial charge in [0.15, 0.2) is 0 Å². The first kappa shape index (κ1) is 15.7. The highest BCUT2D eigenvalue weighted by molar-refractivity contribution is 6.33. The van der Waals surface area contributed by atoms with Crippen LogP contribution in [0.3, 0.4) is 0 Å². The highest BCUT2D eigenvalue weighted by Crippen LogP contribution is 2.20. The molecule has 0 spiro atoms. The molecule has 0 saturated heterocycles. The average molecular weight is 281 g/mol. The van der Waals surface area contributed by atoms with E-state index in [4.69, 9.17) is 11.6 Å². The number of likely N-dealkylation sites (N-methyl/N-ethyl adjacent to an activating group) is 1. The number of carbonyl (C=O) groups is 1. The van der Waals surface area contributed by atoms with E-state index in [-0.39, 0.29) is 5.91 Å². The van der Waals surface area contributed by atoms with Gasteiger partial charge in [-0.15, -0.1) is 0 Å². The van der Waals surface area contributed by atoms with Crippen LogP contribution in [0.2, 0.25) is 5.02 Å². The molecule has 4 heteroatoms. The average Bonchev–Trinajstić information content (AvgIpc) is 2.37. The first-order valence-corrected chi connectivity index (χ1v) is 6.81. The SMILES string of the molecule is C=C(C)CN(CC)CCC(=O)Nc1ccccc1Cl. The van der Waals surface area contributed by atoms with Crippen molar-refractivity contribution in [2.24, 2.45) is 0 Å². The van der Waals surface area contributed by atoms with Crippen molar-refractivity contribution in [3.63, 3.8) is 0 Å². The molecule has 1 amide bonds. The maximum absolute atomic E-state index is 11.9. The maximum atomic E-state index is 11.9. The van der Waals surface area contributed by atoms with Gasteiger partial charge in [-0.25, -0.2) is 0 Å². The van der Waals surface area contributed by atoms with Crippen LogP contribution < -0.4 is 5.32 Å². The Bertz CT molecular complexity index is 446. The predicted octanol–water partition coefficient (Wildman–Crippen LogP) is 3.57. The number of rotatable bonds is 7. The number of anilines is 1. The predicted molar refractivity (Wildman–Crippen MR) is 81.6 cm³/mol. The highest BCUT2D eigenvalue weighted by Gasteiger charge is 2.08. The van der Waals surface area contributed by atoms with Crippen LogP contribution in [0.1, 0.15) is 20.3 Å². The number of amides is 1. The minimum atomic E-state index is -0.0201. The van der Waals surface area contributed by atoms with Gasteiger partial charge in [0.2, 0.25) is 5.91 Å². The van der Waals surface area contributed by atoms with E-state index in [0.29, 0.717) is 17.1 Å². The van der Waals surface area contributed by atoms with Crippen LogP contribution in [-0.2, 0) is 4.79 Å². The molecule has 0 aromatic heterocycles. The summed E-state index contributed by atoms with van der Waals surface area (Å²) >= 11 is 5.99. The zero-order valence-electron chi connectivity index (χ0n) is 11.6. The van der Waals surface area contributed by atoms with E-state index in [1.54, 1.807) is 12.1 Å². The Kier molecular flexibility index (Phi) is 6.60. The monoisotopic (exact) mass is 280 g/mol. The summed E-state index contributed by atoms with van der Waals surface area (Å²) in [5.74, 6) is -0.0201. The lowest BCUT2D eigenvalue weighted by atomic mass is 10.2. The molecular weight excluding hydrogens is 260 g/mol. The molecule has 104 valence electrons. The summed E-state index contributed by atoms with van der Waals surface area (Å²) in [6, 6.07) is 7.24. The first-order chi connectivity index (χ1) is 9.02. The second-order valence-electron chi connectivity index (χ2n) is 4.60. The van der Waals surface area contributed by atoms with E-state index in [2.05, 4.69) is 23.7 Å². The number of benzene rings is 1. The fraction of sp³-hybridized carbons (Fsp3) is 0.400. The summed E-state index contributed by atoms with van der Waals surface area (Å²) in [7, 11) is 0. The molecule has 1 aromatic rings. The lowest BCUT2D eigenvalue weighted by Gasteiger charge is -2.20. The van der Waals surface area contributed by atoms with Gasteiger partial charge in [0.1, 0.15) is 0 Å². The molecule has 1 aromatic carbocycles. The Balaban J connectivity index is 2.43. The molecule has 0 radical (unpaired) electrons. The molecule has 0 aliphatic rings. The molecule has 0 saturated carbocycles. The fourth-order valence-electron chi connectivity index (χ4n) is 1.77. The van der Waals surface area contributed by atoms with E-state index in [1.165, 1.54) is 0 Å². The molecule has 0 fully saturated rings. The first-order valence-electron chi connectivity index (χ1n) is 6.44. The molecule has 3 nitrogen and oxygen atoms in total. The number of para-hydroxylation sites is 1. The molecule has 0 atom stereocenters. The minimum Gasteiger partial charge on any atom is -0.325 e. The molecule has 0 heterocycles. The third kappa shape index (κ3) is 5.90. The number of nitrogens with zero attached hydrogens (tertiary/aromatic N) is 1. The van der Waals surface area contributed by atoms with Gasteiger partial charge < -0.3 is 5.32 Å². The van der Waals surface area contributed by atoms with Crippen molar-refractivity contribution in [2.75, 3.05) is 25.0 Å². The van der Waals surface area contributed by atoms with Crippen molar-refractivity contribution in [1.82, 2.24) is 4.90 Å². The minimum absolute atomic E-state index is 0.0201. The highest BCUT2D eigenvalue weighted by atomic mass is 35.5. The van der Waals surface area contributed by atoms with Gasteiger partial charge in [-0.2, -0.15) is 0 Å². The summed E-state index contributed by atoms with van der Waals surface area (Å²) in [4.78, 5) is 14.0. The van der Waals surface area contributed by atoms with Crippen LogP contribution in [0.5, 0.6) is 0 Å². The number of hydrogen-bond acceptors (Lipinski definition) is 2. The largest absolute Gasteiger partial charge is 0.325 e. The smallest absolute Gasteiger partial charge is 0.225 e. The van der Waals surface area contributed by atoms with Gasteiger partial charge in [0, 0.05) is 19.5 Å². The zero-order chi connectivity index (χ0) is 14.3. The summed E-state index contributed by atoms with van der Waals surface area (Å²) in [5.41, 5.74) is 1.77. The van der Waals surface area contributed by atoms with Crippen LogP contribution in [0.15, 0.2) is 36.4 Å². The Hall–Kier alpha value is -1.32. The quantitative estimate of drug-likeness (QED) is 0.775. The van der Waals surface area contributed by atoms with Crippen molar-refractivity contribution < 1.29 is 4.79 Å². The Labute approximate surface area is 120 Å². The van der Waals surface area contributed by atoms with Gasteiger partial charge in [-0.05, 0) is 25.6 Å². The van der Waals surface area contributed by atoms with E-state index in [9.17, 15) is 4.79 Å². The summed E-state index contributed by atoms with van der Waals surface area (Å²) < 4.78 is 0. The van der Waals surface area contributed by atoms with Crippen molar-refractivity contribution in [3.8, 4) is 0 Å². The van der Waals surface area contributed by atoms with Crippen LogP contribution in [0.4, 0.5) is 5.69 Å². The topological polar surface area (TPSA) is 32.3 Å². The molecule has 0 aliphatic heterocycles. The van der Waals surface area contributed by atoms with Crippen molar-refractivity contribution >= 4 is 23.2 Å². The van der Waals surface area contributed by atoms with Gasteiger partial charge in [0.25, 0.3) is 0 Å². The molecule has 19 heavy (non-hydrogen) atoms. The number of hydrogen-bond donors (Lipinski definition) is 1. The normalized spacial score (nSPS) is 10.5. The molecule has 0 unspecified atom stereocenters. The third-order valence-corrected chi connectivity index (χ3v) is 3.07. The second-order valence-corrected chi connectivity index (χ2v) is 5.01. The number of carbonyl (C=O) groups excluding carboxylic acids is 1. The summed E-state index contributed by atoms with van der Waals surface area (Å²) in [6.45, 7) is 10.4.